The zero-order chi connectivity index (χ0) is 13.5. The molecule has 0 radical (unpaired) electrons. The molecule has 1 aromatic carbocycles. The van der Waals surface area contributed by atoms with Crippen molar-refractivity contribution >= 4 is 17.3 Å². The van der Waals surface area contributed by atoms with Crippen LogP contribution in [-0.2, 0) is 14.3 Å². The number of para-hydroxylation sites is 1. The molecule has 0 aromatic heterocycles. The van der Waals surface area contributed by atoms with Crippen molar-refractivity contribution in [1.82, 2.24) is 0 Å². The average Bonchev–Trinajstić information content (AvgIpc) is 2.32. The van der Waals surface area contributed by atoms with E-state index in [1.807, 2.05) is 26.0 Å². The van der Waals surface area contributed by atoms with Crippen molar-refractivity contribution in [3.63, 3.8) is 0 Å². The van der Waals surface area contributed by atoms with Gasteiger partial charge in [0.15, 0.2) is 0 Å². The number of benzene rings is 1. The van der Waals surface area contributed by atoms with Gasteiger partial charge in [0.1, 0.15) is 6.61 Å². The molecular formula is C13H20N2O3. The van der Waals surface area contributed by atoms with Crippen LogP contribution in [0.1, 0.15) is 12.5 Å². The molecule has 0 spiro atoms. The van der Waals surface area contributed by atoms with Crippen LogP contribution in [0.2, 0.25) is 0 Å². The summed E-state index contributed by atoms with van der Waals surface area (Å²) in [5.41, 5.74) is 7.92. The topological polar surface area (TPSA) is 73.6 Å². The molecule has 0 saturated heterocycles. The van der Waals surface area contributed by atoms with Crippen LogP contribution in [0.4, 0.5) is 11.4 Å². The van der Waals surface area contributed by atoms with Gasteiger partial charge in [-0.1, -0.05) is 12.1 Å². The summed E-state index contributed by atoms with van der Waals surface area (Å²) in [4.78, 5) is 11.7. The van der Waals surface area contributed by atoms with Crippen molar-refractivity contribution in [2.75, 3.05) is 31.4 Å². The Kier molecular flexibility index (Phi) is 5.61. The number of amides is 1. The Bertz CT molecular complexity index is 387. The van der Waals surface area contributed by atoms with Crippen LogP contribution in [0.3, 0.4) is 0 Å². The number of anilines is 2. The summed E-state index contributed by atoms with van der Waals surface area (Å²) in [6.45, 7) is 4.18. The Morgan fingerprint density at radius 3 is 2.83 bits per heavy atom. The van der Waals surface area contributed by atoms with Crippen molar-refractivity contribution in [3.05, 3.63) is 23.8 Å². The highest BCUT2D eigenvalue weighted by molar-refractivity contribution is 5.95. The molecule has 0 aliphatic heterocycles. The summed E-state index contributed by atoms with van der Waals surface area (Å²) in [7, 11) is 1.59. The Balaban J connectivity index is 2.50. The maximum Gasteiger partial charge on any atom is 0.250 e. The summed E-state index contributed by atoms with van der Waals surface area (Å²) >= 11 is 0. The van der Waals surface area contributed by atoms with Gasteiger partial charge in [-0.05, 0) is 25.5 Å². The van der Waals surface area contributed by atoms with E-state index in [-0.39, 0.29) is 18.6 Å². The van der Waals surface area contributed by atoms with Crippen molar-refractivity contribution in [1.29, 1.82) is 0 Å². The van der Waals surface area contributed by atoms with Crippen LogP contribution in [0.25, 0.3) is 0 Å². The Morgan fingerprint density at radius 2 is 2.22 bits per heavy atom. The molecule has 0 saturated carbocycles. The van der Waals surface area contributed by atoms with Crippen molar-refractivity contribution < 1.29 is 14.3 Å². The van der Waals surface area contributed by atoms with E-state index in [2.05, 4.69) is 5.32 Å². The Hall–Kier alpha value is -1.59. The van der Waals surface area contributed by atoms with E-state index in [9.17, 15) is 4.79 Å². The normalized spacial score (nSPS) is 12.2. The standard InChI is InChI=1S/C13H20N2O3/c1-9-5-4-6-11(14)13(9)15-12(16)8-18-10(2)7-17-3/h4-6,10H,7-8,14H2,1-3H3,(H,15,16). The summed E-state index contributed by atoms with van der Waals surface area (Å²) in [6.07, 6.45) is -0.116. The fourth-order valence-corrected chi connectivity index (χ4v) is 1.54. The molecule has 0 bridgehead atoms. The van der Waals surface area contributed by atoms with Gasteiger partial charge in [-0.3, -0.25) is 4.79 Å². The predicted octanol–water partition coefficient (Wildman–Crippen LogP) is 1.57. The molecule has 0 fully saturated rings. The number of rotatable bonds is 6. The highest BCUT2D eigenvalue weighted by Crippen LogP contribution is 2.22. The minimum absolute atomic E-state index is 0.0156. The van der Waals surface area contributed by atoms with Gasteiger partial charge in [0.25, 0.3) is 0 Å². The molecule has 0 aliphatic carbocycles. The van der Waals surface area contributed by atoms with Gasteiger partial charge in [-0.25, -0.2) is 0 Å². The van der Waals surface area contributed by atoms with Gasteiger partial charge in [0.2, 0.25) is 5.91 Å². The SMILES string of the molecule is COCC(C)OCC(=O)Nc1c(C)cccc1N. The van der Waals surface area contributed by atoms with Gasteiger partial charge in [0, 0.05) is 7.11 Å². The molecule has 3 N–H and O–H groups in total. The molecule has 5 nitrogen and oxygen atoms in total. The minimum Gasteiger partial charge on any atom is -0.397 e. The van der Waals surface area contributed by atoms with Gasteiger partial charge >= 0.3 is 0 Å². The zero-order valence-corrected chi connectivity index (χ0v) is 11.0. The number of aryl methyl sites for hydroxylation is 1. The number of carbonyl (C=O) groups is 1. The fourth-order valence-electron chi connectivity index (χ4n) is 1.54. The first-order valence-corrected chi connectivity index (χ1v) is 5.80. The first kappa shape index (κ1) is 14.5. The second kappa shape index (κ2) is 6.98. The molecule has 0 heterocycles. The highest BCUT2D eigenvalue weighted by atomic mass is 16.5. The van der Waals surface area contributed by atoms with Crippen LogP contribution in [0, 0.1) is 6.92 Å². The third-order valence-corrected chi connectivity index (χ3v) is 2.47. The number of nitrogens with two attached hydrogens (primary N) is 1. The molecule has 0 aliphatic rings. The van der Waals surface area contributed by atoms with E-state index in [0.29, 0.717) is 18.0 Å². The molecule has 1 rings (SSSR count). The summed E-state index contributed by atoms with van der Waals surface area (Å²) in [5.74, 6) is -0.223. The van der Waals surface area contributed by atoms with E-state index in [0.717, 1.165) is 5.56 Å². The number of hydrogen-bond donors (Lipinski definition) is 2. The number of carbonyl (C=O) groups excluding carboxylic acids is 1. The van der Waals surface area contributed by atoms with Crippen molar-refractivity contribution in [2.45, 2.75) is 20.0 Å². The molecule has 18 heavy (non-hydrogen) atoms. The van der Waals surface area contributed by atoms with Gasteiger partial charge in [0.05, 0.1) is 24.1 Å². The minimum atomic E-state index is -0.223. The second-order valence-corrected chi connectivity index (χ2v) is 4.16. The first-order chi connectivity index (χ1) is 8.54. The van der Waals surface area contributed by atoms with E-state index < -0.39 is 0 Å². The molecule has 1 amide bonds. The number of nitrogen functional groups attached to an aromatic ring is 1. The lowest BCUT2D eigenvalue weighted by atomic mass is 10.1. The van der Waals surface area contributed by atoms with E-state index in [4.69, 9.17) is 15.2 Å². The number of methoxy groups -OCH3 is 1. The van der Waals surface area contributed by atoms with E-state index >= 15 is 0 Å². The maximum absolute atomic E-state index is 11.7. The summed E-state index contributed by atoms with van der Waals surface area (Å²) in [5, 5.41) is 2.75. The van der Waals surface area contributed by atoms with Crippen molar-refractivity contribution in [3.8, 4) is 0 Å². The predicted molar refractivity (Wildman–Crippen MR) is 71.5 cm³/mol. The smallest absolute Gasteiger partial charge is 0.250 e. The van der Waals surface area contributed by atoms with E-state index in [1.165, 1.54) is 0 Å². The third kappa shape index (κ3) is 4.35. The number of hydrogen-bond acceptors (Lipinski definition) is 4. The lowest BCUT2D eigenvalue weighted by Gasteiger charge is -2.14. The van der Waals surface area contributed by atoms with E-state index in [1.54, 1.807) is 13.2 Å². The summed E-state index contributed by atoms with van der Waals surface area (Å²) < 4.78 is 10.2. The lowest BCUT2D eigenvalue weighted by Crippen LogP contribution is -2.24. The fraction of sp³-hybridized carbons (Fsp3) is 0.462. The molecule has 5 heteroatoms. The van der Waals surface area contributed by atoms with Crippen LogP contribution < -0.4 is 11.1 Å². The average molecular weight is 252 g/mol. The number of ether oxygens (including phenoxy) is 2. The maximum atomic E-state index is 11.7. The van der Waals surface area contributed by atoms with Gasteiger partial charge in [-0.15, -0.1) is 0 Å². The summed E-state index contributed by atoms with van der Waals surface area (Å²) in [6, 6.07) is 5.48. The Labute approximate surface area is 107 Å². The molecule has 1 atom stereocenters. The van der Waals surface area contributed by atoms with Crippen LogP contribution in [-0.4, -0.2) is 32.3 Å². The number of nitrogens with one attached hydrogen (secondary N) is 1. The third-order valence-electron chi connectivity index (χ3n) is 2.47. The molecule has 1 aromatic rings. The second-order valence-electron chi connectivity index (χ2n) is 4.16. The van der Waals surface area contributed by atoms with Crippen LogP contribution >= 0.6 is 0 Å². The quantitative estimate of drug-likeness (QED) is 0.754. The largest absolute Gasteiger partial charge is 0.397 e. The van der Waals surface area contributed by atoms with Crippen molar-refractivity contribution in [2.24, 2.45) is 0 Å². The molecular weight excluding hydrogens is 232 g/mol. The lowest BCUT2D eigenvalue weighted by molar-refractivity contribution is -0.123. The van der Waals surface area contributed by atoms with Crippen LogP contribution in [0.15, 0.2) is 18.2 Å². The van der Waals surface area contributed by atoms with Gasteiger partial charge < -0.3 is 20.5 Å². The first-order valence-electron chi connectivity index (χ1n) is 5.80. The van der Waals surface area contributed by atoms with Gasteiger partial charge in [-0.2, -0.15) is 0 Å². The monoisotopic (exact) mass is 252 g/mol. The highest BCUT2D eigenvalue weighted by Gasteiger charge is 2.09. The molecule has 100 valence electrons. The zero-order valence-electron chi connectivity index (χ0n) is 11.0. The molecule has 1 unspecified atom stereocenters. The van der Waals surface area contributed by atoms with Crippen LogP contribution in [0.5, 0.6) is 0 Å². The Morgan fingerprint density at radius 1 is 1.50 bits per heavy atom.